The number of carbonyl (C=O) groups is 2. The maximum atomic E-state index is 11.1. The molecule has 10 nitrogen and oxygen atoms in total. The second-order valence-electron chi connectivity index (χ2n) is 4.91. The van der Waals surface area contributed by atoms with E-state index in [-0.39, 0.29) is 37.7 Å². The zero-order valence-electron chi connectivity index (χ0n) is 11.2. The van der Waals surface area contributed by atoms with Crippen LogP contribution in [0.25, 0.3) is 0 Å². The summed E-state index contributed by atoms with van der Waals surface area (Å²) in [5.74, 6) is -5.17. The molecule has 0 spiro atoms. The van der Waals surface area contributed by atoms with Crippen LogP contribution in [0, 0.1) is 0 Å². The van der Waals surface area contributed by atoms with Crippen molar-refractivity contribution < 1.29 is 45.0 Å². The van der Waals surface area contributed by atoms with Gasteiger partial charge in [0.05, 0.1) is 18.8 Å². The van der Waals surface area contributed by atoms with Crippen LogP contribution in [0.1, 0.15) is 13.3 Å². The molecule has 1 aliphatic heterocycles. The number of aliphatic hydroxyl groups is 5. The second kappa shape index (κ2) is 8.71. The summed E-state index contributed by atoms with van der Waals surface area (Å²) in [6.45, 7) is 0.256. The van der Waals surface area contributed by atoms with Gasteiger partial charge in [-0.05, 0) is 0 Å². The number of carboxylic acid groups (broad SMARTS) is 1. The Balaban J connectivity index is 0.00000441. The third kappa shape index (κ3) is 4.98. The van der Waals surface area contributed by atoms with Crippen molar-refractivity contribution in [3.8, 4) is 0 Å². The number of carbonyl (C=O) groups excluding carboxylic acids is 1. The summed E-state index contributed by atoms with van der Waals surface area (Å²) < 4.78 is 4.86. The van der Waals surface area contributed by atoms with Crippen molar-refractivity contribution in [1.82, 2.24) is 5.32 Å². The van der Waals surface area contributed by atoms with Gasteiger partial charge in [0.1, 0.15) is 18.3 Å². The predicted octanol–water partition coefficient (Wildman–Crippen LogP) is -4.79. The number of ether oxygens (including phenoxy) is 1. The summed E-state index contributed by atoms with van der Waals surface area (Å²) >= 11 is 0. The second-order valence-corrected chi connectivity index (χ2v) is 4.91. The maximum absolute atomic E-state index is 11.1. The van der Waals surface area contributed by atoms with Crippen molar-refractivity contribution in [3.05, 3.63) is 0 Å². The van der Waals surface area contributed by atoms with E-state index in [1.165, 1.54) is 0 Å². The number of carboxylic acids is 1. The number of amides is 1. The third-order valence-electron chi connectivity index (χ3n) is 3.21. The van der Waals surface area contributed by atoms with Crippen LogP contribution in [0.3, 0.4) is 0 Å². The molecule has 1 heterocycles. The summed E-state index contributed by atoms with van der Waals surface area (Å²) in [6.07, 6.45) is -7.48. The fourth-order valence-electron chi connectivity index (χ4n) is 2.14. The number of hydrogen-bond acceptors (Lipinski definition) is 8. The number of rotatable bonds is 5. The van der Waals surface area contributed by atoms with Crippen LogP contribution in [0.15, 0.2) is 0 Å². The van der Waals surface area contributed by atoms with Gasteiger partial charge in [0, 0.05) is 13.3 Å². The fraction of sp³-hybridized carbons (Fsp3) is 0.818. The normalized spacial score (nSPS) is 34.2. The minimum atomic E-state index is -2.78. The summed E-state index contributed by atoms with van der Waals surface area (Å²) in [7, 11) is 0. The molecule has 1 aliphatic rings. The van der Waals surface area contributed by atoms with E-state index in [2.05, 4.69) is 5.32 Å². The van der Waals surface area contributed by atoms with E-state index in [1.54, 1.807) is 0 Å². The van der Waals surface area contributed by atoms with E-state index in [0.717, 1.165) is 6.92 Å². The molecular weight excluding hydrogens is 330 g/mol. The Hall–Kier alpha value is -0.0403. The molecule has 0 saturated carbocycles. The molecule has 0 radical (unpaired) electrons. The molecule has 1 rings (SSSR count). The Bertz CT molecular complexity index is 409. The van der Waals surface area contributed by atoms with Gasteiger partial charge in [-0.25, -0.2) is 4.79 Å². The van der Waals surface area contributed by atoms with Crippen molar-refractivity contribution in [3.63, 3.8) is 0 Å². The van der Waals surface area contributed by atoms with Crippen molar-refractivity contribution in [1.29, 1.82) is 0 Å². The van der Waals surface area contributed by atoms with E-state index < -0.39 is 61.1 Å². The van der Waals surface area contributed by atoms with Gasteiger partial charge in [-0.3, -0.25) is 4.79 Å². The molecule has 1 amide bonds. The Kier molecular flexibility index (Phi) is 8.70. The average molecular weight is 351 g/mol. The number of nitrogens with one attached hydrogen (secondary N) is 1. The molecule has 1 saturated heterocycles. The van der Waals surface area contributed by atoms with Crippen LogP contribution in [0.5, 0.6) is 0 Å². The molecule has 0 bridgehead atoms. The molecule has 126 valence electrons. The Morgan fingerprint density at radius 3 is 2.36 bits per heavy atom. The van der Waals surface area contributed by atoms with Crippen LogP contribution in [0.4, 0.5) is 0 Å². The molecule has 0 aromatic carbocycles. The van der Waals surface area contributed by atoms with Crippen LogP contribution >= 0.6 is 0 Å². The monoisotopic (exact) mass is 351 g/mol. The summed E-state index contributed by atoms with van der Waals surface area (Å²) in [6, 6.07) is -1.27. The van der Waals surface area contributed by atoms with Crippen LogP contribution < -0.4 is 5.32 Å². The first-order valence-corrected chi connectivity index (χ1v) is 6.18. The first-order chi connectivity index (χ1) is 9.62. The quantitative estimate of drug-likeness (QED) is 0.240. The first kappa shape index (κ1) is 22.0. The van der Waals surface area contributed by atoms with E-state index >= 15 is 0 Å². The van der Waals surface area contributed by atoms with Gasteiger partial charge in [-0.2, -0.15) is 0 Å². The van der Waals surface area contributed by atoms with Crippen molar-refractivity contribution in [2.75, 3.05) is 6.61 Å². The van der Waals surface area contributed by atoms with Gasteiger partial charge in [0.2, 0.25) is 5.91 Å². The average Bonchev–Trinajstić information content (AvgIpc) is 2.39. The van der Waals surface area contributed by atoms with E-state index in [9.17, 15) is 30.0 Å². The molecule has 1 fully saturated rings. The topological polar surface area (TPSA) is 177 Å². The molecule has 6 atom stereocenters. The van der Waals surface area contributed by atoms with Crippen molar-refractivity contribution in [2.24, 2.45) is 0 Å². The predicted molar refractivity (Wildman–Crippen MR) is 73.3 cm³/mol. The van der Waals surface area contributed by atoms with Crippen LogP contribution in [0.2, 0.25) is 0 Å². The van der Waals surface area contributed by atoms with Crippen molar-refractivity contribution >= 4 is 49.6 Å². The minimum absolute atomic E-state index is 0. The summed E-state index contributed by atoms with van der Waals surface area (Å²) in [5.41, 5.74) is 0. The van der Waals surface area contributed by atoms with Gasteiger partial charge in [0.15, 0.2) is 0 Å². The van der Waals surface area contributed by atoms with Crippen LogP contribution in [-0.2, 0) is 14.3 Å². The molecule has 0 aliphatic carbocycles. The zero-order valence-corrected chi connectivity index (χ0v) is 11.2. The molecular formula is C11H21CaNO9. The SMILES string of the molecule is CC(=O)N[C@@H]1[C@@H](O)CC(O)(C(=O)O)O[C@H]1C(O)C(O)CO.[CaH2]. The first-order valence-electron chi connectivity index (χ1n) is 6.18. The van der Waals surface area contributed by atoms with Gasteiger partial charge < -0.3 is 40.7 Å². The van der Waals surface area contributed by atoms with Gasteiger partial charge in [-0.15, -0.1) is 0 Å². The standard InChI is InChI=1S/C11H19NO9.Ca.2H/c1-4(14)12-7-5(15)2-11(20,10(18)19)21-9(7)8(17)6(16)3-13;;;/h5-9,13,15-17,20H,2-3H2,1H3,(H,12,14)(H,18,19);;;/t5-,6?,7+,8?,9+,11?;;;/m0.../s1. The zero-order chi connectivity index (χ0) is 16.4. The third-order valence-corrected chi connectivity index (χ3v) is 3.21. The number of aliphatic carboxylic acids is 1. The fourth-order valence-corrected chi connectivity index (χ4v) is 2.14. The van der Waals surface area contributed by atoms with Crippen molar-refractivity contribution in [2.45, 2.75) is 49.6 Å². The van der Waals surface area contributed by atoms with E-state index in [1.807, 2.05) is 0 Å². The molecule has 0 aromatic rings. The molecule has 3 unspecified atom stereocenters. The van der Waals surface area contributed by atoms with Crippen LogP contribution in [-0.4, -0.2) is 123 Å². The van der Waals surface area contributed by atoms with Gasteiger partial charge >= 0.3 is 43.7 Å². The Morgan fingerprint density at radius 1 is 1.41 bits per heavy atom. The molecule has 22 heavy (non-hydrogen) atoms. The van der Waals surface area contributed by atoms with E-state index in [0.29, 0.717) is 0 Å². The van der Waals surface area contributed by atoms with Gasteiger partial charge in [-0.1, -0.05) is 0 Å². The Morgan fingerprint density at radius 2 is 1.95 bits per heavy atom. The van der Waals surface area contributed by atoms with Gasteiger partial charge in [0.25, 0.3) is 5.79 Å². The molecule has 11 heteroatoms. The number of hydrogen-bond donors (Lipinski definition) is 7. The molecule has 0 aromatic heterocycles. The number of aliphatic hydroxyl groups excluding tert-OH is 4. The van der Waals surface area contributed by atoms with E-state index in [4.69, 9.17) is 14.9 Å². The summed E-state index contributed by atoms with van der Waals surface area (Å²) in [5, 5.41) is 59.0. The summed E-state index contributed by atoms with van der Waals surface area (Å²) in [4.78, 5) is 22.1. The molecule has 7 N–H and O–H groups in total. The Labute approximate surface area is 155 Å².